The van der Waals surface area contributed by atoms with Gasteiger partial charge in [-0.3, -0.25) is 14.2 Å². The SMILES string of the molecule is CCOc1ccc([C@H]2C(C(=O)Nc3ccccc3)=C(C)N=c3s/c(=C/c4ccccc4OC)c(=O)n32)cc1. The second-order valence-corrected chi connectivity index (χ2v) is 9.66. The van der Waals surface area contributed by atoms with Crippen LogP contribution in [-0.2, 0) is 4.79 Å². The summed E-state index contributed by atoms with van der Waals surface area (Å²) in [5.41, 5.74) is 2.98. The van der Waals surface area contributed by atoms with Gasteiger partial charge >= 0.3 is 0 Å². The normalized spacial score (nSPS) is 15.0. The van der Waals surface area contributed by atoms with Crippen LogP contribution in [0.2, 0.25) is 0 Å². The Morgan fingerprint density at radius 3 is 2.47 bits per heavy atom. The van der Waals surface area contributed by atoms with E-state index in [-0.39, 0.29) is 11.5 Å². The first-order valence-electron chi connectivity index (χ1n) is 12.2. The van der Waals surface area contributed by atoms with Gasteiger partial charge in [0.2, 0.25) is 0 Å². The van der Waals surface area contributed by atoms with Crippen LogP contribution in [0.5, 0.6) is 11.5 Å². The number of allylic oxidation sites excluding steroid dienone is 1. The molecule has 5 rings (SSSR count). The van der Waals surface area contributed by atoms with E-state index in [2.05, 4.69) is 5.32 Å². The number of benzene rings is 3. The Morgan fingerprint density at radius 1 is 1.05 bits per heavy atom. The number of para-hydroxylation sites is 2. The Hall–Kier alpha value is -4.43. The third-order valence-electron chi connectivity index (χ3n) is 6.23. The van der Waals surface area contributed by atoms with E-state index in [9.17, 15) is 9.59 Å². The number of amides is 1. The van der Waals surface area contributed by atoms with Gasteiger partial charge in [0, 0.05) is 11.3 Å². The van der Waals surface area contributed by atoms with Gasteiger partial charge in [-0.25, -0.2) is 4.99 Å². The first-order chi connectivity index (χ1) is 18.5. The van der Waals surface area contributed by atoms with Crippen molar-refractivity contribution in [3.8, 4) is 11.5 Å². The largest absolute Gasteiger partial charge is 0.496 e. The van der Waals surface area contributed by atoms with Gasteiger partial charge in [0.15, 0.2) is 4.80 Å². The van der Waals surface area contributed by atoms with Gasteiger partial charge in [0.05, 0.1) is 35.6 Å². The van der Waals surface area contributed by atoms with Crippen molar-refractivity contribution >= 4 is 29.0 Å². The average molecular weight is 526 g/mol. The quantitative estimate of drug-likeness (QED) is 0.391. The van der Waals surface area contributed by atoms with Crippen LogP contribution in [0.1, 0.15) is 31.0 Å². The number of fused-ring (bicyclic) bond motifs is 1. The number of aromatic nitrogens is 1. The summed E-state index contributed by atoms with van der Waals surface area (Å²) in [5, 5.41) is 2.97. The summed E-state index contributed by atoms with van der Waals surface area (Å²) < 4.78 is 13.2. The van der Waals surface area contributed by atoms with E-state index in [1.54, 1.807) is 24.7 Å². The average Bonchev–Trinajstić information content (AvgIpc) is 3.23. The number of carbonyl (C=O) groups is 1. The van der Waals surface area contributed by atoms with Gasteiger partial charge in [-0.2, -0.15) is 0 Å². The van der Waals surface area contributed by atoms with E-state index in [0.29, 0.717) is 38.6 Å². The number of rotatable bonds is 7. The summed E-state index contributed by atoms with van der Waals surface area (Å²) in [6.07, 6.45) is 1.81. The summed E-state index contributed by atoms with van der Waals surface area (Å²) in [7, 11) is 1.60. The molecule has 38 heavy (non-hydrogen) atoms. The van der Waals surface area contributed by atoms with Crippen molar-refractivity contribution in [2.75, 3.05) is 19.0 Å². The highest BCUT2D eigenvalue weighted by Gasteiger charge is 2.32. The third kappa shape index (κ3) is 4.90. The molecule has 0 saturated heterocycles. The number of carbonyl (C=O) groups excluding carboxylic acids is 1. The van der Waals surface area contributed by atoms with Crippen LogP contribution >= 0.6 is 11.3 Å². The van der Waals surface area contributed by atoms with E-state index < -0.39 is 6.04 Å². The molecule has 8 heteroatoms. The molecule has 4 aromatic rings. The Bertz CT molecular complexity index is 1690. The van der Waals surface area contributed by atoms with E-state index in [1.165, 1.54) is 11.3 Å². The van der Waals surface area contributed by atoms with E-state index in [1.807, 2.05) is 85.8 Å². The summed E-state index contributed by atoms with van der Waals surface area (Å²) in [5.74, 6) is 1.08. The van der Waals surface area contributed by atoms with Gasteiger partial charge in [-0.15, -0.1) is 0 Å². The molecule has 0 aliphatic carbocycles. The minimum Gasteiger partial charge on any atom is -0.496 e. The zero-order valence-corrected chi connectivity index (χ0v) is 22.1. The molecule has 0 unspecified atom stereocenters. The number of nitrogens with one attached hydrogen (secondary N) is 1. The fourth-order valence-corrected chi connectivity index (χ4v) is 5.52. The highest BCUT2D eigenvalue weighted by atomic mass is 32.1. The predicted octanol–water partition coefficient (Wildman–Crippen LogP) is 4.28. The molecule has 0 radical (unpaired) electrons. The van der Waals surface area contributed by atoms with Crippen molar-refractivity contribution in [2.45, 2.75) is 19.9 Å². The number of hydrogen-bond acceptors (Lipinski definition) is 6. The Morgan fingerprint density at radius 2 is 1.76 bits per heavy atom. The fourth-order valence-electron chi connectivity index (χ4n) is 4.49. The zero-order chi connectivity index (χ0) is 26.6. The lowest BCUT2D eigenvalue weighted by molar-refractivity contribution is -0.113. The molecule has 7 nitrogen and oxygen atoms in total. The third-order valence-corrected chi connectivity index (χ3v) is 7.21. The Balaban J connectivity index is 1.67. The molecule has 0 fully saturated rings. The van der Waals surface area contributed by atoms with Crippen molar-refractivity contribution in [3.05, 3.63) is 121 Å². The molecule has 1 N–H and O–H groups in total. The Kier molecular flexibility index (Phi) is 7.24. The van der Waals surface area contributed by atoms with E-state index in [4.69, 9.17) is 14.5 Å². The number of ether oxygens (including phenoxy) is 2. The van der Waals surface area contributed by atoms with Crippen molar-refractivity contribution < 1.29 is 14.3 Å². The predicted molar refractivity (Wildman–Crippen MR) is 149 cm³/mol. The molecule has 1 amide bonds. The number of thiazole rings is 1. The maximum absolute atomic E-state index is 13.9. The monoisotopic (exact) mass is 525 g/mol. The molecule has 0 bridgehead atoms. The van der Waals surface area contributed by atoms with Crippen molar-refractivity contribution in [2.24, 2.45) is 4.99 Å². The lowest BCUT2D eigenvalue weighted by Crippen LogP contribution is -2.40. The standard InChI is InChI=1S/C30H27N3O4S/c1-4-37-23-16-14-20(15-17-23)27-26(28(34)32-22-11-6-5-7-12-22)19(2)31-30-33(27)29(35)25(38-30)18-21-10-8-9-13-24(21)36-3/h5-18,27H,4H2,1-3H3,(H,32,34)/b25-18+/t27-/m0/s1. The van der Waals surface area contributed by atoms with Crippen LogP contribution in [0.4, 0.5) is 5.69 Å². The molecule has 1 aliphatic rings. The van der Waals surface area contributed by atoms with Crippen LogP contribution in [0.25, 0.3) is 6.08 Å². The fraction of sp³-hybridized carbons (Fsp3) is 0.167. The second-order valence-electron chi connectivity index (χ2n) is 8.65. The van der Waals surface area contributed by atoms with Crippen LogP contribution in [0.3, 0.4) is 0 Å². The van der Waals surface area contributed by atoms with Crippen LogP contribution in [0, 0.1) is 0 Å². The molecule has 1 aromatic heterocycles. The number of nitrogens with zero attached hydrogens (tertiary/aromatic N) is 2. The number of methoxy groups -OCH3 is 1. The lowest BCUT2D eigenvalue weighted by Gasteiger charge is -2.25. The maximum atomic E-state index is 13.9. The highest BCUT2D eigenvalue weighted by molar-refractivity contribution is 7.07. The van der Waals surface area contributed by atoms with Gasteiger partial charge in [-0.1, -0.05) is 59.9 Å². The van der Waals surface area contributed by atoms with Gasteiger partial charge in [0.1, 0.15) is 11.5 Å². The number of anilines is 1. The van der Waals surface area contributed by atoms with Crippen LogP contribution in [0.15, 0.2) is 99.9 Å². The molecule has 0 spiro atoms. The summed E-state index contributed by atoms with van der Waals surface area (Å²) in [6.45, 7) is 4.27. The molecule has 2 heterocycles. The van der Waals surface area contributed by atoms with Gasteiger partial charge in [0.25, 0.3) is 11.5 Å². The molecule has 3 aromatic carbocycles. The van der Waals surface area contributed by atoms with Crippen LogP contribution < -0.4 is 29.7 Å². The molecular formula is C30H27N3O4S. The smallest absolute Gasteiger partial charge is 0.271 e. The van der Waals surface area contributed by atoms with Crippen molar-refractivity contribution in [1.29, 1.82) is 0 Å². The number of hydrogen-bond donors (Lipinski definition) is 1. The molecule has 1 atom stereocenters. The van der Waals surface area contributed by atoms with Crippen molar-refractivity contribution in [1.82, 2.24) is 4.57 Å². The first-order valence-corrected chi connectivity index (χ1v) is 13.1. The van der Waals surface area contributed by atoms with E-state index in [0.717, 1.165) is 16.9 Å². The minimum absolute atomic E-state index is 0.226. The van der Waals surface area contributed by atoms with E-state index >= 15 is 0 Å². The molecular weight excluding hydrogens is 498 g/mol. The zero-order valence-electron chi connectivity index (χ0n) is 21.3. The summed E-state index contributed by atoms with van der Waals surface area (Å²) in [4.78, 5) is 32.7. The second kappa shape index (κ2) is 10.9. The van der Waals surface area contributed by atoms with Gasteiger partial charge < -0.3 is 14.8 Å². The maximum Gasteiger partial charge on any atom is 0.271 e. The summed E-state index contributed by atoms with van der Waals surface area (Å²) >= 11 is 1.29. The minimum atomic E-state index is -0.662. The molecule has 192 valence electrons. The summed E-state index contributed by atoms with van der Waals surface area (Å²) in [6, 6.07) is 23.6. The highest BCUT2D eigenvalue weighted by Crippen LogP contribution is 2.32. The van der Waals surface area contributed by atoms with Crippen molar-refractivity contribution in [3.63, 3.8) is 0 Å². The topological polar surface area (TPSA) is 81.9 Å². The van der Waals surface area contributed by atoms with Crippen LogP contribution in [-0.4, -0.2) is 24.2 Å². The lowest BCUT2D eigenvalue weighted by atomic mass is 9.95. The molecule has 1 aliphatic heterocycles. The molecule has 0 saturated carbocycles. The first kappa shape index (κ1) is 25.2. The Labute approximate surface area is 224 Å². The van der Waals surface area contributed by atoms with Gasteiger partial charge in [-0.05, 0) is 55.8 Å².